The summed E-state index contributed by atoms with van der Waals surface area (Å²) in [4.78, 5) is 5.36. The Morgan fingerprint density at radius 2 is 2.00 bits per heavy atom. The Kier molecular flexibility index (Phi) is 3.89. The van der Waals surface area contributed by atoms with Crippen molar-refractivity contribution in [2.75, 3.05) is 33.2 Å². The predicted molar refractivity (Wildman–Crippen MR) is 80.4 cm³/mol. The van der Waals surface area contributed by atoms with Gasteiger partial charge >= 0.3 is 0 Å². The zero-order valence-electron chi connectivity index (χ0n) is 13.0. The number of nitrogens with zero attached hydrogens (tertiary/aromatic N) is 2. The highest BCUT2D eigenvalue weighted by atomic mass is 15.3. The minimum absolute atomic E-state index is 0.389. The first kappa shape index (κ1) is 13.8. The van der Waals surface area contributed by atoms with E-state index >= 15 is 0 Å². The second-order valence-corrected chi connectivity index (χ2v) is 7.48. The van der Waals surface area contributed by atoms with Crippen molar-refractivity contribution in [2.24, 2.45) is 5.92 Å². The predicted octanol–water partition coefficient (Wildman–Crippen LogP) is 1.93. The molecule has 2 aliphatic heterocycles. The molecule has 0 radical (unpaired) electrons. The van der Waals surface area contributed by atoms with Crippen LogP contribution in [-0.2, 0) is 0 Å². The first-order chi connectivity index (χ1) is 9.08. The molecule has 0 aromatic heterocycles. The monoisotopic (exact) mass is 265 g/mol. The molecule has 0 bridgehead atoms. The first-order valence-electron chi connectivity index (χ1n) is 8.28. The van der Waals surface area contributed by atoms with Gasteiger partial charge in [-0.15, -0.1) is 0 Å². The van der Waals surface area contributed by atoms with Crippen molar-refractivity contribution < 1.29 is 0 Å². The molecule has 2 heterocycles. The largest absolute Gasteiger partial charge is 0.308 e. The Labute approximate surface area is 118 Å². The van der Waals surface area contributed by atoms with Crippen LogP contribution in [0.25, 0.3) is 0 Å². The summed E-state index contributed by atoms with van der Waals surface area (Å²) in [6.45, 7) is 9.84. The van der Waals surface area contributed by atoms with E-state index in [9.17, 15) is 0 Å². The van der Waals surface area contributed by atoms with Crippen LogP contribution in [0.2, 0.25) is 0 Å². The highest BCUT2D eigenvalue weighted by Crippen LogP contribution is 2.41. The van der Waals surface area contributed by atoms with Crippen molar-refractivity contribution in [1.29, 1.82) is 0 Å². The summed E-state index contributed by atoms with van der Waals surface area (Å²) >= 11 is 0. The maximum atomic E-state index is 3.83. The average Bonchev–Trinajstić information content (AvgIpc) is 3.21. The lowest BCUT2D eigenvalue weighted by Crippen LogP contribution is -2.64. The highest BCUT2D eigenvalue weighted by Gasteiger charge is 2.45. The smallest absolute Gasteiger partial charge is 0.0309 e. The second kappa shape index (κ2) is 5.34. The van der Waals surface area contributed by atoms with Gasteiger partial charge in [-0.05, 0) is 59.0 Å². The third kappa shape index (κ3) is 2.98. The Balaban J connectivity index is 1.61. The van der Waals surface area contributed by atoms with E-state index in [-0.39, 0.29) is 0 Å². The van der Waals surface area contributed by atoms with Gasteiger partial charge in [0.25, 0.3) is 0 Å². The van der Waals surface area contributed by atoms with Gasteiger partial charge in [-0.25, -0.2) is 0 Å². The van der Waals surface area contributed by atoms with Crippen molar-refractivity contribution in [3.05, 3.63) is 0 Å². The van der Waals surface area contributed by atoms with Crippen LogP contribution in [-0.4, -0.2) is 60.6 Å². The molecule has 3 atom stereocenters. The van der Waals surface area contributed by atoms with Crippen LogP contribution in [0.1, 0.15) is 46.0 Å². The van der Waals surface area contributed by atoms with Crippen LogP contribution in [0.4, 0.5) is 0 Å². The molecule has 3 aliphatic rings. The average molecular weight is 265 g/mol. The second-order valence-electron chi connectivity index (χ2n) is 7.48. The van der Waals surface area contributed by atoms with Gasteiger partial charge in [-0.3, -0.25) is 4.90 Å². The zero-order valence-corrected chi connectivity index (χ0v) is 13.0. The molecule has 1 aliphatic carbocycles. The van der Waals surface area contributed by atoms with Gasteiger partial charge in [0.05, 0.1) is 0 Å². The van der Waals surface area contributed by atoms with E-state index in [4.69, 9.17) is 0 Å². The van der Waals surface area contributed by atoms with E-state index in [2.05, 4.69) is 36.0 Å². The summed E-state index contributed by atoms with van der Waals surface area (Å²) < 4.78 is 0. The van der Waals surface area contributed by atoms with E-state index in [0.29, 0.717) is 11.6 Å². The lowest BCUT2D eigenvalue weighted by molar-refractivity contribution is 0.0469. The van der Waals surface area contributed by atoms with Crippen LogP contribution < -0.4 is 5.32 Å². The van der Waals surface area contributed by atoms with Gasteiger partial charge in [0, 0.05) is 37.3 Å². The molecule has 2 saturated heterocycles. The van der Waals surface area contributed by atoms with E-state index < -0.39 is 0 Å². The molecule has 3 unspecified atom stereocenters. The summed E-state index contributed by atoms with van der Waals surface area (Å²) in [6.07, 6.45) is 7.09. The number of piperazine rings is 1. The fourth-order valence-electron chi connectivity index (χ4n) is 4.03. The van der Waals surface area contributed by atoms with Crippen LogP contribution in [0.3, 0.4) is 0 Å². The van der Waals surface area contributed by atoms with Gasteiger partial charge in [0.15, 0.2) is 0 Å². The Morgan fingerprint density at radius 3 is 2.68 bits per heavy atom. The van der Waals surface area contributed by atoms with Crippen LogP contribution >= 0.6 is 0 Å². The number of rotatable bonds is 3. The standard InChI is InChI=1S/C16H31N3/c1-13-10-17-16(2,14-7-8-14)12-19(13)11-15-6-4-5-9-18(15)3/h13-15,17H,4-12H2,1-3H3. The molecule has 3 nitrogen and oxygen atoms in total. The minimum Gasteiger partial charge on any atom is -0.308 e. The van der Waals surface area contributed by atoms with E-state index in [1.54, 1.807) is 0 Å². The fraction of sp³-hybridized carbons (Fsp3) is 1.00. The zero-order chi connectivity index (χ0) is 13.5. The third-order valence-corrected chi connectivity index (χ3v) is 5.80. The molecule has 3 heteroatoms. The maximum absolute atomic E-state index is 3.83. The number of hydrogen-bond donors (Lipinski definition) is 1. The van der Waals surface area contributed by atoms with Crippen LogP contribution in [0, 0.1) is 5.92 Å². The van der Waals surface area contributed by atoms with Gasteiger partial charge in [-0.1, -0.05) is 6.42 Å². The normalized spacial score (nSPS) is 42.5. The molecule has 0 aromatic carbocycles. The van der Waals surface area contributed by atoms with Crippen molar-refractivity contribution >= 4 is 0 Å². The molecule has 110 valence electrons. The minimum atomic E-state index is 0.389. The molecule has 3 rings (SSSR count). The highest BCUT2D eigenvalue weighted by molar-refractivity contribution is 5.04. The lowest BCUT2D eigenvalue weighted by Gasteiger charge is -2.48. The summed E-state index contributed by atoms with van der Waals surface area (Å²) in [5.41, 5.74) is 0.389. The third-order valence-electron chi connectivity index (χ3n) is 5.80. The number of piperidine rings is 1. The van der Waals surface area contributed by atoms with E-state index in [1.807, 2.05) is 0 Å². The quantitative estimate of drug-likeness (QED) is 0.841. The number of likely N-dealkylation sites (tertiary alicyclic amines) is 1. The number of likely N-dealkylation sites (N-methyl/N-ethyl adjacent to an activating group) is 1. The van der Waals surface area contributed by atoms with Gasteiger partial charge in [0.2, 0.25) is 0 Å². The van der Waals surface area contributed by atoms with Crippen molar-refractivity contribution in [1.82, 2.24) is 15.1 Å². The molecule has 0 spiro atoms. The van der Waals surface area contributed by atoms with Gasteiger partial charge in [-0.2, -0.15) is 0 Å². The molecule has 19 heavy (non-hydrogen) atoms. The molecule has 1 saturated carbocycles. The SMILES string of the molecule is CC1CNC(C)(C2CC2)CN1CC1CCCCN1C. The Hall–Kier alpha value is -0.120. The van der Waals surface area contributed by atoms with Crippen molar-refractivity contribution in [3.8, 4) is 0 Å². The van der Waals surface area contributed by atoms with Gasteiger partial charge < -0.3 is 10.2 Å². The van der Waals surface area contributed by atoms with E-state index in [1.165, 1.54) is 58.3 Å². The van der Waals surface area contributed by atoms with Crippen molar-refractivity contribution in [2.45, 2.75) is 63.6 Å². The summed E-state index contributed by atoms with van der Waals surface area (Å²) in [7, 11) is 2.32. The van der Waals surface area contributed by atoms with Crippen molar-refractivity contribution in [3.63, 3.8) is 0 Å². The molecular formula is C16H31N3. The van der Waals surface area contributed by atoms with Gasteiger partial charge in [0.1, 0.15) is 0 Å². The fourth-order valence-corrected chi connectivity index (χ4v) is 4.03. The van der Waals surface area contributed by atoms with E-state index in [0.717, 1.165) is 12.0 Å². The molecule has 0 amide bonds. The summed E-state index contributed by atoms with van der Waals surface area (Å²) in [5, 5.41) is 3.83. The van der Waals surface area contributed by atoms with Crippen LogP contribution in [0.15, 0.2) is 0 Å². The number of hydrogen-bond acceptors (Lipinski definition) is 3. The Morgan fingerprint density at radius 1 is 1.21 bits per heavy atom. The first-order valence-corrected chi connectivity index (χ1v) is 8.28. The van der Waals surface area contributed by atoms with Crippen LogP contribution in [0.5, 0.6) is 0 Å². The summed E-state index contributed by atoms with van der Waals surface area (Å²) in [5.74, 6) is 0.937. The maximum Gasteiger partial charge on any atom is 0.0309 e. The molecule has 0 aromatic rings. The number of nitrogens with one attached hydrogen (secondary N) is 1. The molecule has 1 N–H and O–H groups in total. The molecule has 3 fully saturated rings. The Bertz CT molecular complexity index is 315. The summed E-state index contributed by atoms with van der Waals surface area (Å²) in [6, 6.07) is 1.49. The lowest BCUT2D eigenvalue weighted by atomic mass is 9.90. The topological polar surface area (TPSA) is 18.5 Å². The molecular weight excluding hydrogens is 234 g/mol.